The molecule has 1 fully saturated rings. The van der Waals surface area contributed by atoms with Crippen molar-refractivity contribution in [3.63, 3.8) is 0 Å². The lowest BCUT2D eigenvalue weighted by Crippen LogP contribution is -2.47. The highest BCUT2D eigenvalue weighted by atomic mass is 32.2. The zero-order valence-electron chi connectivity index (χ0n) is 13.3. The summed E-state index contributed by atoms with van der Waals surface area (Å²) in [6.07, 6.45) is 3.83. The maximum atomic E-state index is 13.2. The molecule has 0 saturated carbocycles. The van der Waals surface area contributed by atoms with Gasteiger partial charge in [0.1, 0.15) is 0 Å². The molecule has 1 unspecified atom stereocenters. The van der Waals surface area contributed by atoms with Crippen LogP contribution >= 0.6 is 11.8 Å². The van der Waals surface area contributed by atoms with Gasteiger partial charge in [-0.05, 0) is 43.7 Å². The van der Waals surface area contributed by atoms with Crippen molar-refractivity contribution >= 4 is 17.8 Å². The molecule has 0 spiro atoms. The highest BCUT2D eigenvalue weighted by Crippen LogP contribution is 2.32. The predicted octanol–water partition coefficient (Wildman–Crippen LogP) is 3.24. The van der Waals surface area contributed by atoms with Crippen LogP contribution in [0, 0.1) is 11.6 Å². The summed E-state index contributed by atoms with van der Waals surface area (Å²) >= 11 is 1.74. The van der Waals surface area contributed by atoms with Gasteiger partial charge in [0, 0.05) is 24.5 Å². The lowest BCUT2D eigenvalue weighted by Gasteiger charge is -2.35. The smallest absolute Gasteiger partial charge is 0.315 e. The third-order valence-corrected chi connectivity index (χ3v) is 5.62. The van der Waals surface area contributed by atoms with E-state index in [1.165, 1.54) is 6.07 Å². The first-order chi connectivity index (χ1) is 11.0. The molecular formula is C16H22F2N2O2S. The van der Waals surface area contributed by atoms with E-state index in [-0.39, 0.29) is 10.8 Å². The minimum Gasteiger partial charge on any atom is -0.381 e. The number of carbonyl (C=O) groups excluding carboxylic acids is 1. The summed E-state index contributed by atoms with van der Waals surface area (Å²) in [5, 5.41) is 5.62. The average Bonchev–Trinajstić information content (AvgIpc) is 2.56. The van der Waals surface area contributed by atoms with Gasteiger partial charge in [-0.2, -0.15) is 11.8 Å². The maximum Gasteiger partial charge on any atom is 0.315 e. The third kappa shape index (κ3) is 4.81. The number of rotatable bonds is 5. The molecule has 1 atom stereocenters. The summed E-state index contributed by atoms with van der Waals surface area (Å²) in [6.45, 7) is 3.68. The van der Waals surface area contributed by atoms with Crippen molar-refractivity contribution in [1.29, 1.82) is 0 Å². The second-order valence-electron chi connectivity index (χ2n) is 5.72. The van der Waals surface area contributed by atoms with Crippen molar-refractivity contribution in [1.82, 2.24) is 10.6 Å². The van der Waals surface area contributed by atoms with Gasteiger partial charge < -0.3 is 15.4 Å². The van der Waals surface area contributed by atoms with Crippen LogP contribution in [0.25, 0.3) is 0 Å². The number of hydrogen-bond donors (Lipinski definition) is 2. The molecule has 0 aromatic heterocycles. The minimum absolute atomic E-state index is 0.000805. The van der Waals surface area contributed by atoms with Gasteiger partial charge in [-0.1, -0.05) is 6.07 Å². The Morgan fingerprint density at radius 2 is 2.04 bits per heavy atom. The van der Waals surface area contributed by atoms with Crippen LogP contribution in [0.2, 0.25) is 0 Å². The van der Waals surface area contributed by atoms with Crippen LogP contribution in [0.1, 0.15) is 31.4 Å². The van der Waals surface area contributed by atoms with Gasteiger partial charge in [0.15, 0.2) is 11.6 Å². The molecule has 1 saturated heterocycles. The lowest BCUT2D eigenvalue weighted by atomic mass is 9.99. The van der Waals surface area contributed by atoms with Gasteiger partial charge in [0.25, 0.3) is 0 Å². The summed E-state index contributed by atoms with van der Waals surface area (Å²) in [5.41, 5.74) is 0.518. The molecular weight excluding hydrogens is 322 g/mol. The quantitative estimate of drug-likeness (QED) is 0.862. The highest BCUT2D eigenvalue weighted by Gasteiger charge is 2.32. The molecule has 23 heavy (non-hydrogen) atoms. The number of halogens is 2. The highest BCUT2D eigenvalue weighted by molar-refractivity contribution is 8.00. The summed E-state index contributed by atoms with van der Waals surface area (Å²) < 4.78 is 31.6. The Labute approximate surface area is 139 Å². The second kappa shape index (κ2) is 7.97. The zero-order chi connectivity index (χ0) is 16.9. The molecule has 2 rings (SSSR count). The Morgan fingerprint density at radius 1 is 1.35 bits per heavy atom. The van der Waals surface area contributed by atoms with E-state index in [1.807, 2.05) is 6.26 Å². The molecule has 2 amide bonds. The molecule has 0 bridgehead atoms. The number of urea groups is 1. The van der Waals surface area contributed by atoms with E-state index in [2.05, 4.69) is 10.6 Å². The van der Waals surface area contributed by atoms with E-state index in [0.29, 0.717) is 25.3 Å². The molecule has 4 nitrogen and oxygen atoms in total. The first-order valence-electron chi connectivity index (χ1n) is 7.58. The van der Waals surface area contributed by atoms with Crippen LogP contribution in [0.5, 0.6) is 0 Å². The number of carbonyl (C=O) groups is 1. The molecule has 7 heteroatoms. The number of hydrogen-bond acceptors (Lipinski definition) is 3. The molecule has 2 N–H and O–H groups in total. The first-order valence-corrected chi connectivity index (χ1v) is 8.80. The van der Waals surface area contributed by atoms with E-state index in [1.54, 1.807) is 18.7 Å². The number of thioether (sulfide) groups is 1. The Kier molecular flexibility index (Phi) is 6.24. The van der Waals surface area contributed by atoms with E-state index in [0.717, 1.165) is 25.0 Å². The van der Waals surface area contributed by atoms with Crippen LogP contribution in [-0.2, 0) is 4.74 Å². The molecule has 1 heterocycles. The Balaban J connectivity index is 1.87. The second-order valence-corrected chi connectivity index (χ2v) is 7.00. The van der Waals surface area contributed by atoms with Gasteiger partial charge in [-0.3, -0.25) is 0 Å². The Morgan fingerprint density at radius 3 is 2.65 bits per heavy atom. The third-order valence-electron chi connectivity index (χ3n) is 4.20. The number of amides is 2. The van der Waals surface area contributed by atoms with Gasteiger partial charge in [0.05, 0.1) is 6.04 Å². The molecule has 1 aromatic carbocycles. The predicted molar refractivity (Wildman–Crippen MR) is 87.6 cm³/mol. The molecule has 1 aliphatic rings. The summed E-state index contributed by atoms with van der Waals surface area (Å²) in [5.74, 6) is -1.81. The number of ether oxygens (including phenoxy) is 1. The fraction of sp³-hybridized carbons (Fsp3) is 0.562. The molecule has 128 valence electrons. The monoisotopic (exact) mass is 344 g/mol. The molecule has 1 aliphatic heterocycles. The van der Waals surface area contributed by atoms with Crippen molar-refractivity contribution in [3.8, 4) is 0 Å². The van der Waals surface area contributed by atoms with Crippen molar-refractivity contribution in [3.05, 3.63) is 35.4 Å². The van der Waals surface area contributed by atoms with Gasteiger partial charge in [0.2, 0.25) is 0 Å². The number of benzene rings is 1. The largest absolute Gasteiger partial charge is 0.381 e. The average molecular weight is 344 g/mol. The van der Waals surface area contributed by atoms with Crippen molar-refractivity contribution in [2.75, 3.05) is 26.0 Å². The topological polar surface area (TPSA) is 50.4 Å². The fourth-order valence-corrected chi connectivity index (χ4v) is 3.34. The van der Waals surface area contributed by atoms with Crippen molar-refractivity contribution < 1.29 is 18.3 Å². The lowest BCUT2D eigenvalue weighted by molar-refractivity contribution is 0.0777. The number of nitrogens with one attached hydrogen (secondary N) is 2. The summed E-state index contributed by atoms with van der Waals surface area (Å²) in [6, 6.07) is 2.89. The molecule has 0 radical (unpaired) electrons. The maximum absolute atomic E-state index is 13.2. The SMILES string of the molecule is CSC1(CNC(=O)NC(C)c2ccc(F)c(F)c2)CCOCC1. The summed E-state index contributed by atoms with van der Waals surface area (Å²) in [7, 11) is 0. The van der Waals surface area contributed by atoms with E-state index >= 15 is 0 Å². The normalized spacial score (nSPS) is 18.3. The zero-order valence-corrected chi connectivity index (χ0v) is 14.1. The van der Waals surface area contributed by atoms with Crippen LogP contribution < -0.4 is 10.6 Å². The minimum atomic E-state index is -0.917. The standard InChI is InChI=1S/C16H22F2N2O2S/c1-11(12-3-4-13(17)14(18)9-12)20-15(21)19-10-16(23-2)5-7-22-8-6-16/h3-4,9,11H,5-8,10H2,1-2H3,(H2,19,20,21). The van der Waals surface area contributed by atoms with Crippen LogP contribution in [0.15, 0.2) is 18.2 Å². The van der Waals surface area contributed by atoms with Crippen LogP contribution in [0.4, 0.5) is 13.6 Å². The van der Waals surface area contributed by atoms with Gasteiger partial charge >= 0.3 is 6.03 Å². The van der Waals surface area contributed by atoms with Crippen molar-refractivity contribution in [2.45, 2.75) is 30.6 Å². The first kappa shape index (κ1) is 18.0. The van der Waals surface area contributed by atoms with Gasteiger partial charge in [-0.25, -0.2) is 13.6 Å². The Bertz CT molecular complexity index is 551. The van der Waals surface area contributed by atoms with Crippen LogP contribution in [0.3, 0.4) is 0 Å². The fourth-order valence-electron chi connectivity index (χ4n) is 2.55. The van der Waals surface area contributed by atoms with Gasteiger partial charge in [-0.15, -0.1) is 0 Å². The van der Waals surface area contributed by atoms with E-state index < -0.39 is 17.7 Å². The molecule has 0 aliphatic carbocycles. The summed E-state index contributed by atoms with van der Waals surface area (Å²) in [4.78, 5) is 12.0. The van der Waals surface area contributed by atoms with E-state index in [9.17, 15) is 13.6 Å². The van der Waals surface area contributed by atoms with E-state index in [4.69, 9.17) is 4.74 Å². The Hall–Kier alpha value is -1.34. The van der Waals surface area contributed by atoms with Crippen LogP contribution in [-0.4, -0.2) is 36.8 Å². The van der Waals surface area contributed by atoms with Crippen molar-refractivity contribution in [2.24, 2.45) is 0 Å². The molecule has 1 aromatic rings.